The molecule has 1 aliphatic heterocycles. The van der Waals surface area contributed by atoms with E-state index in [9.17, 15) is 19.7 Å². The van der Waals surface area contributed by atoms with Crippen LogP contribution in [-0.4, -0.2) is 22.8 Å². The summed E-state index contributed by atoms with van der Waals surface area (Å²) in [6.45, 7) is 1.79. The van der Waals surface area contributed by atoms with Crippen molar-refractivity contribution in [2.75, 3.05) is 5.32 Å². The Morgan fingerprint density at radius 2 is 2.16 bits per heavy atom. The molecule has 7 nitrogen and oxygen atoms in total. The number of piperidine rings is 1. The summed E-state index contributed by atoms with van der Waals surface area (Å²) < 4.78 is 0. The maximum Gasteiger partial charge on any atom is 0.271 e. The number of imide groups is 1. The Hall–Kier alpha value is -2.44. The lowest BCUT2D eigenvalue weighted by molar-refractivity contribution is -0.384. The van der Waals surface area contributed by atoms with E-state index < -0.39 is 16.9 Å². The van der Waals surface area contributed by atoms with Crippen molar-refractivity contribution < 1.29 is 14.5 Å². The fourth-order valence-corrected chi connectivity index (χ4v) is 1.90. The Kier molecular flexibility index (Phi) is 3.46. The molecule has 19 heavy (non-hydrogen) atoms. The number of nitro benzene ring substituents is 1. The summed E-state index contributed by atoms with van der Waals surface area (Å²) in [7, 11) is 0. The molecule has 0 saturated carbocycles. The Balaban J connectivity index is 2.18. The molecule has 1 atom stereocenters. The van der Waals surface area contributed by atoms with Crippen LogP contribution in [0, 0.1) is 17.0 Å². The molecule has 0 radical (unpaired) electrons. The predicted molar refractivity (Wildman–Crippen MR) is 67.6 cm³/mol. The van der Waals surface area contributed by atoms with Gasteiger partial charge in [0.25, 0.3) is 5.69 Å². The van der Waals surface area contributed by atoms with Gasteiger partial charge in [-0.25, -0.2) is 0 Å². The Labute approximate surface area is 109 Å². The summed E-state index contributed by atoms with van der Waals surface area (Å²) in [6.07, 6.45) is 0.643. The van der Waals surface area contributed by atoms with Crippen LogP contribution >= 0.6 is 0 Å². The lowest BCUT2D eigenvalue weighted by Crippen LogP contribution is -2.47. The van der Waals surface area contributed by atoms with Gasteiger partial charge in [0.1, 0.15) is 6.04 Å². The molecule has 0 aliphatic carbocycles. The van der Waals surface area contributed by atoms with Gasteiger partial charge in [-0.1, -0.05) is 6.07 Å². The van der Waals surface area contributed by atoms with Gasteiger partial charge in [0.05, 0.1) is 4.92 Å². The van der Waals surface area contributed by atoms with Crippen molar-refractivity contribution in [1.82, 2.24) is 5.32 Å². The SMILES string of the molecule is Cc1ccc([N+](=O)[O-])cc1NC1CCC(=O)NC1=O. The average Bonchev–Trinajstić information content (AvgIpc) is 2.34. The smallest absolute Gasteiger partial charge is 0.271 e. The van der Waals surface area contributed by atoms with Crippen molar-refractivity contribution in [2.24, 2.45) is 0 Å². The molecule has 100 valence electrons. The number of amides is 2. The van der Waals surface area contributed by atoms with E-state index in [1.54, 1.807) is 13.0 Å². The molecule has 1 unspecified atom stereocenters. The molecule has 0 aromatic heterocycles. The highest BCUT2D eigenvalue weighted by Crippen LogP contribution is 2.23. The summed E-state index contributed by atoms with van der Waals surface area (Å²) in [5.41, 5.74) is 1.29. The van der Waals surface area contributed by atoms with Crippen molar-refractivity contribution >= 4 is 23.2 Å². The number of carbonyl (C=O) groups excluding carboxylic acids is 2. The summed E-state index contributed by atoms with van der Waals surface area (Å²) in [6, 6.07) is 3.87. The van der Waals surface area contributed by atoms with Crippen LogP contribution in [0.5, 0.6) is 0 Å². The number of nitrogens with one attached hydrogen (secondary N) is 2. The first-order valence-electron chi connectivity index (χ1n) is 5.82. The van der Waals surface area contributed by atoms with Crippen LogP contribution in [0.25, 0.3) is 0 Å². The second-order valence-corrected chi connectivity index (χ2v) is 4.40. The van der Waals surface area contributed by atoms with Gasteiger partial charge in [-0.3, -0.25) is 25.0 Å². The minimum absolute atomic E-state index is 0.0413. The molecular formula is C12H13N3O4. The number of hydrogen-bond donors (Lipinski definition) is 2. The zero-order valence-corrected chi connectivity index (χ0v) is 10.3. The van der Waals surface area contributed by atoms with Gasteiger partial charge in [0, 0.05) is 24.2 Å². The molecule has 1 aromatic rings. The van der Waals surface area contributed by atoms with Crippen LogP contribution in [0.4, 0.5) is 11.4 Å². The molecule has 2 N–H and O–H groups in total. The standard InChI is InChI=1S/C12H13N3O4/c1-7-2-3-8(15(18)19)6-10(7)13-9-4-5-11(16)14-12(9)17/h2-3,6,9,13H,4-5H2,1H3,(H,14,16,17). The molecule has 1 heterocycles. The largest absolute Gasteiger partial charge is 0.373 e. The Morgan fingerprint density at radius 3 is 2.79 bits per heavy atom. The number of anilines is 1. The fourth-order valence-electron chi connectivity index (χ4n) is 1.90. The minimum atomic E-state index is -0.543. The number of nitrogens with zero attached hydrogens (tertiary/aromatic N) is 1. The van der Waals surface area contributed by atoms with Crippen LogP contribution in [-0.2, 0) is 9.59 Å². The monoisotopic (exact) mass is 263 g/mol. The topological polar surface area (TPSA) is 101 Å². The van der Waals surface area contributed by atoms with Crippen molar-refractivity contribution in [2.45, 2.75) is 25.8 Å². The lowest BCUT2D eigenvalue weighted by atomic mass is 10.0. The maximum absolute atomic E-state index is 11.6. The quantitative estimate of drug-likeness (QED) is 0.483. The van der Waals surface area contributed by atoms with Gasteiger partial charge in [-0.15, -0.1) is 0 Å². The van der Waals surface area contributed by atoms with Gasteiger partial charge >= 0.3 is 0 Å². The molecule has 7 heteroatoms. The second kappa shape index (κ2) is 5.05. The van der Waals surface area contributed by atoms with Gasteiger partial charge in [0.2, 0.25) is 11.8 Å². The number of benzene rings is 1. The van der Waals surface area contributed by atoms with E-state index in [4.69, 9.17) is 0 Å². The highest BCUT2D eigenvalue weighted by molar-refractivity contribution is 6.01. The van der Waals surface area contributed by atoms with Crippen molar-refractivity contribution in [3.05, 3.63) is 33.9 Å². The first-order valence-corrected chi connectivity index (χ1v) is 5.82. The molecule has 1 aromatic carbocycles. The summed E-state index contributed by atoms with van der Waals surface area (Å²) in [5, 5.41) is 15.9. The van der Waals surface area contributed by atoms with E-state index in [1.165, 1.54) is 12.1 Å². The van der Waals surface area contributed by atoms with Crippen LogP contribution < -0.4 is 10.6 Å². The van der Waals surface area contributed by atoms with E-state index in [-0.39, 0.29) is 18.0 Å². The average molecular weight is 263 g/mol. The number of rotatable bonds is 3. The van der Waals surface area contributed by atoms with Gasteiger partial charge in [-0.2, -0.15) is 0 Å². The van der Waals surface area contributed by atoms with Crippen LogP contribution in [0.3, 0.4) is 0 Å². The molecule has 1 aliphatic rings. The number of nitro groups is 1. The summed E-state index contributed by atoms with van der Waals surface area (Å²) >= 11 is 0. The fraction of sp³-hybridized carbons (Fsp3) is 0.333. The molecular weight excluding hydrogens is 250 g/mol. The lowest BCUT2D eigenvalue weighted by Gasteiger charge is -2.23. The zero-order chi connectivity index (χ0) is 14.0. The van der Waals surface area contributed by atoms with Gasteiger partial charge in [-0.05, 0) is 18.9 Å². The van der Waals surface area contributed by atoms with Crippen LogP contribution in [0.15, 0.2) is 18.2 Å². The summed E-state index contributed by atoms with van der Waals surface area (Å²) in [4.78, 5) is 32.9. The minimum Gasteiger partial charge on any atom is -0.373 e. The van der Waals surface area contributed by atoms with Crippen molar-refractivity contribution in [1.29, 1.82) is 0 Å². The molecule has 2 amide bonds. The van der Waals surface area contributed by atoms with Crippen LogP contribution in [0.1, 0.15) is 18.4 Å². The van der Waals surface area contributed by atoms with Crippen molar-refractivity contribution in [3.63, 3.8) is 0 Å². The van der Waals surface area contributed by atoms with E-state index >= 15 is 0 Å². The number of hydrogen-bond acceptors (Lipinski definition) is 5. The predicted octanol–water partition coefficient (Wildman–Crippen LogP) is 1.12. The maximum atomic E-state index is 11.6. The highest BCUT2D eigenvalue weighted by atomic mass is 16.6. The van der Waals surface area contributed by atoms with Gasteiger partial charge < -0.3 is 5.32 Å². The third kappa shape index (κ3) is 2.87. The number of carbonyl (C=O) groups is 2. The first-order chi connectivity index (χ1) is 8.97. The third-order valence-corrected chi connectivity index (χ3v) is 3.00. The normalized spacial score (nSPS) is 18.9. The van der Waals surface area contributed by atoms with E-state index in [0.717, 1.165) is 5.56 Å². The Bertz CT molecular complexity index is 556. The number of aryl methyl sites for hydroxylation is 1. The van der Waals surface area contributed by atoms with Gasteiger partial charge in [0.15, 0.2) is 0 Å². The van der Waals surface area contributed by atoms with E-state index in [0.29, 0.717) is 12.1 Å². The van der Waals surface area contributed by atoms with Crippen LogP contribution in [0.2, 0.25) is 0 Å². The zero-order valence-electron chi connectivity index (χ0n) is 10.3. The highest BCUT2D eigenvalue weighted by Gasteiger charge is 2.26. The van der Waals surface area contributed by atoms with E-state index in [2.05, 4.69) is 10.6 Å². The summed E-state index contributed by atoms with van der Waals surface area (Å²) in [5.74, 6) is -0.694. The Morgan fingerprint density at radius 1 is 1.42 bits per heavy atom. The molecule has 1 saturated heterocycles. The van der Waals surface area contributed by atoms with E-state index in [1.807, 2.05) is 0 Å². The molecule has 1 fully saturated rings. The molecule has 2 rings (SSSR count). The molecule has 0 bridgehead atoms. The molecule has 0 spiro atoms. The third-order valence-electron chi connectivity index (χ3n) is 3.00. The first kappa shape index (κ1) is 13.0. The second-order valence-electron chi connectivity index (χ2n) is 4.40. The number of non-ortho nitro benzene ring substituents is 1. The van der Waals surface area contributed by atoms with Crippen molar-refractivity contribution in [3.8, 4) is 0 Å².